The molecule has 2 aromatic heterocycles. The average Bonchev–Trinajstić information content (AvgIpc) is 2.63. The van der Waals surface area contributed by atoms with Gasteiger partial charge in [-0.3, -0.25) is 0 Å². The Balaban J connectivity index is 1.86. The predicted molar refractivity (Wildman–Crippen MR) is 51.4 cm³/mol. The molecule has 0 atom stereocenters. The van der Waals surface area contributed by atoms with Crippen LogP contribution in [-0.4, -0.2) is 50.1 Å². The summed E-state index contributed by atoms with van der Waals surface area (Å²) in [5.41, 5.74) is 0.637. The molecule has 1 N–H and O–H groups in total. The summed E-state index contributed by atoms with van der Waals surface area (Å²) in [6.07, 6.45) is 0. The van der Waals surface area contributed by atoms with Crippen LogP contribution in [0.25, 0.3) is 5.65 Å². The Hall–Kier alpha value is -1.76. The van der Waals surface area contributed by atoms with E-state index in [0.717, 1.165) is 18.9 Å². The molecule has 1 fully saturated rings. The first-order valence-electron chi connectivity index (χ1n) is 4.78. The van der Waals surface area contributed by atoms with Crippen LogP contribution in [0.1, 0.15) is 0 Å². The molecule has 1 saturated heterocycles. The van der Waals surface area contributed by atoms with Crippen LogP contribution in [0.15, 0.2) is 12.1 Å². The average molecular weight is 206 g/mol. The molecule has 0 spiro atoms. The third-order valence-corrected chi connectivity index (χ3v) is 2.59. The molecule has 3 heterocycles. The third kappa shape index (κ3) is 1.32. The van der Waals surface area contributed by atoms with Crippen LogP contribution in [0.4, 0.5) is 5.82 Å². The summed E-state index contributed by atoms with van der Waals surface area (Å²) < 4.78 is 1.40. The van der Waals surface area contributed by atoms with Crippen molar-refractivity contribution in [1.29, 1.82) is 0 Å². The van der Waals surface area contributed by atoms with Gasteiger partial charge in [0.2, 0.25) is 0 Å². The summed E-state index contributed by atoms with van der Waals surface area (Å²) in [7, 11) is 0. The van der Waals surface area contributed by atoms with Gasteiger partial charge in [0.05, 0.1) is 0 Å². The summed E-state index contributed by atoms with van der Waals surface area (Å²) >= 11 is 0. The van der Waals surface area contributed by atoms with Gasteiger partial charge >= 0.3 is 0 Å². The molecule has 0 radical (unpaired) electrons. The third-order valence-electron chi connectivity index (χ3n) is 2.59. The van der Waals surface area contributed by atoms with E-state index >= 15 is 0 Å². The van der Waals surface area contributed by atoms with Gasteiger partial charge in [0, 0.05) is 25.6 Å². The number of aliphatic hydroxyl groups excluding tert-OH is 1. The van der Waals surface area contributed by atoms with Crippen molar-refractivity contribution in [2.45, 2.75) is 0 Å². The lowest BCUT2D eigenvalue weighted by Gasteiger charge is -2.38. The van der Waals surface area contributed by atoms with E-state index in [1.165, 1.54) is 4.63 Å². The van der Waals surface area contributed by atoms with Gasteiger partial charge in [0.15, 0.2) is 11.5 Å². The summed E-state index contributed by atoms with van der Waals surface area (Å²) in [6, 6.07) is 3.72. The smallest absolute Gasteiger partial charge is 0.200 e. The van der Waals surface area contributed by atoms with E-state index in [9.17, 15) is 0 Å². The molecule has 0 aromatic carbocycles. The minimum absolute atomic E-state index is 0.240. The van der Waals surface area contributed by atoms with E-state index in [1.54, 1.807) is 0 Å². The van der Waals surface area contributed by atoms with Crippen molar-refractivity contribution in [3.63, 3.8) is 0 Å². The summed E-state index contributed by atoms with van der Waals surface area (Å²) in [5, 5.41) is 24.2. The Kier molecular flexibility index (Phi) is 1.78. The molecule has 2 aromatic rings. The van der Waals surface area contributed by atoms with Gasteiger partial charge < -0.3 is 10.0 Å². The Morgan fingerprint density at radius 3 is 3.07 bits per heavy atom. The van der Waals surface area contributed by atoms with Gasteiger partial charge in [-0.1, -0.05) is 0 Å². The highest BCUT2D eigenvalue weighted by Gasteiger charge is 2.27. The maximum absolute atomic E-state index is 8.90. The number of rotatable bonds is 2. The molecule has 0 unspecified atom stereocenters. The maximum Gasteiger partial charge on any atom is 0.200 e. The fourth-order valence-electron chi connectivity index (χ4n) is 1.68. The van der Waals surface area contributed by atoms with E-state index in [4.69, 9.17) is 5.11 Å². The van der Waals surface area contributed by atoms with E-state index in [-0.39, 0.29) is 6.61 Å². The predicted octanol–water partition coefficient (Wildman–Crippen LogP) is -1.05. The molecule has 1 aliphatic heterocycles. The first-order chi connectivity index (χ1) is 7.36. The molecule has 3 rings (SSSR count). The lowest BCUT2D eigenvalue weighted by molar-refractivity contribution is 0.200. The van der Waals surface area contributed by atoms with Gasteiger partial charge in [-0.25, -0.2) is 0 Å². The highest BCUT2D eigenvalue weighted by molar-refractivity contribution is 5.46. The van der Waals surface area contributed by atoms with Gasteiger partial charge in [-0.2, -0.15) is 0 Å². The SMILES string of the molecule is OCC1CN(c2ccc3nnnn3n2)C1. The zero-order valence-corrected chi connectivity index (χ0v) is 7.98. The second-order valence-corrected chi connectivity index (χ2v) is 3.67. The molecular formula is C8H10N6O. The van der Waals surface area contributed by atoms with Crippen molar-refractivity contribution >= 4 is 11.5 Å². The van der Waals surface area contributed by atoms with Crippen molar-refractivity contribution in [1.82, 2.24) is 25.3 Å². The fraction of sp³-hybridized carbons (Fsp3) is 0.500. The molecule has 1 aliphatic rings. The lowest BCUT2D eigenvalue weighted by atomic mass is 10.0. The van der Waals surface area contributed by atoms with E-state index in [1.807, 2.05) is 12.1 Å². The topological polar surface area (TPSA) is 79.4 Å². The van der Waals surface area contributed by atoms with E-state index in [2.05, 4.69) is 25.5 Å². The Morgan fingerprint density at radius 1 is 1.40 bits per heavy atom. The first-order valence-corrected chi connectivity index (χ1v) is 4.78. The largest absolute Gasteiger partial charge is 0.396 e. The minimum atomic E-state index is 0.240. The zero-order valence-electron chi connectivity index (χ0n) is 7.98. The van der Waals surface area contributed by atoms with Crippen LogP contribution < -0.4 is 4.90 Å². The van der Waals surface area contributed by atoms with Crippen molar-refractivity contribution in [2.24, 2.45) is 5.92 Å². The molecule has 0 amide bonds. The normalized spacial score (nSPS) is 17.0. The number of hydrogen-bond donors (Lipinski definition) is 1. The first kappa shape index (κ1) is 8.54. The summed E-state index contributed by atoms with van der Waals surface area (Å²) in [5.74, 6) is 1.22. The zero-order chi connectivity index (χ0) is 10.3. The van der Waals surface area contributed by atoms with Gasteiger partial charge in [-0.05, 0) is 22.6 Å². The van der Waals surface area contributed by atoms with Gasteiger partial charge in [0.25, 0.3) is 0 Å². The number of aromatic nitrogens is 5. The highest BCUT2D eigenvalue weighted by atomic mass is 16.3. The summed E-state index contributed by atoms with van der Waals surface area (Å²) in [4.78, 5) is 2.09. The van der Waals surface area contributed by atoms with E-state index < -0.39 is 0 Å². The van der Waals surface area contributed by atoms with Crippen LogP contribution in [-0.2, 0) is 0 Å². The number of aliphatic hydroxyl groups is 1. The second kappa shape index (κ2) is 3.13. The quantitative estimate of drug-likeness (QED) is 0.675. The van der Waals surface area contributed by atoms with Crippen LogP contribution in [0.5, 0.6) is 0 Å². The van der Waals surface area contributed by atoms with Gasteiger partial charge in [0.1, 0.15) is 0 Å². The number of tetrazole rings is 1. The second-order valence-electron chi connectivity index (χ2n) is 3.67. The number of hydrogen-bond acceptors (Lipinski definition) is 6. The molecule has 15 heavy (non-hydrogen) atoms. The van der Waals surface area contributed by atoms with Gasteiger partial charge in [-0.15, -0.1) is 14.8 Å². The molecule has 7 heteroatoms. The Labute approximate surface area is 85.3 Å². The molecule has 0 saturated carbocycles. The van der Waals surface area contributed by atoms with Crippen LogP contribution in [0.2, 0.25) is 0 Å². The van der Waals surface area contributed by atoms with Crippen LogP contribution >= 0.6 is 0 Å². The molecule has 78 valence electrons. The minimum Gasteiger partial charge on any atom is -0.396 e. The molecule has 0 aliphatic carbocycles. The molecular weight excluding hydrogens is 196 g/mol. The monoisotopic (exact) mass is 206 g/mol. The Bertz CT molecular complexity index is 477. The maximum atomic E-state index is 8.90. The number of anilines is 1. The Morgan fingerprint density at radius 2 is 2.27 bits per heavy atom. The van der Waals surface area contributed by atoms with E-state index in [0.29, 0.717) is 11.6 Å². The summed E-state index contributed by atoms with van der Waals surface area (Å²) in [6.45, 7) is 1.93. The lowest BCUT2D eigenvalue weighted by Crippen LogP contribution is -2.48. The number of fused-ring (bicyclic) bond motifs is 1. The van der Waals surface area contributed by atoms with Crippen LogP contribution in [0, 0.1) is 5.92 Å². The highest BCUT2D eigenvalue weighted by Crippen LogP contribution is 2.21. The van der Waals surface area contributed by atoms with Crippen molar-refractivity contribution in [3.8, 4) is 0 Å². The fourth-order valence-corrected chi connectivity index (χ4v) is 1.68. The van der Waals surface area contributed by atoms with Crippen molar-refractivity contribution in [3.05, 3.63) is 12.1 Å². The van der Waals surface area contributed by atoms with Crippen molar-refractivity contribution in [2.75, 3.05) is 24.6 Å². The van der Waals surface area contributed by atoms with Crippen molar-refractivity contribution < 1.29 is 5.11 Å². The number of nitrogens with zero attached hydrogens (tertiary/aromatic N) is 6. The molecule has 7 nitrogen and oxygen atoms in total. The molecule has 0 bridgehead atoms. The standard InChI is InChI=1S/C8H10N6O/c15-5-6-3-13(4-6)8-2-1-7-9-11-12-14(7)10-8/h1-2,6,15H,3-5H2. The van der Waals surface area contributed by atoms with Crippen LogP contribution in [0.3, 0.4) is 0 Å².